The number of phenolic OH excluding ortho intramolecular Hbond substituents is 1. The summed E-state index contributed by atoms with van der Waals surface area (Å²) in [5.74, 6) is -1.82. The summed E-state index contributed by atoms with van der Waals surface area (Å²) < 4.78 is 5.13. The van der Waals surface area contributed by atoms with Gasteiger partial charge in [-0.25, -0.2) is 9.69 Å². The Labute approximate surface area is 221 Å². The first-order valence-electron chi connectivity index (χ1n) is 10.9. The lowest BCUT2D eigenvalue weighted by atomic mass is 10.2. The summed E-state index contributed by atoms with van der Waals surface area (Å²) in [5, 5.41) is 14.0. The monoisotopic (exact) mass is 542 g/mol. The Balaban J connectivity index is 1.68. The van der Waals surface area contributed by atoms with E-state index in [2.05, 4.69) is 5.32 Å². The minimum atomic E-state index is -0.628. The highest BCUT2D eigenvalue weighted by atomic mass is 35.5. The molecule has 184 valence electrons. The van der Waals surface area contributed by atoms with Crippen molar-refractivity contribution < 1.29 is 24.2 Å². The molecule has 0 saturated heterocycles. The van der Waals surface area contributed by atoms with Crippen molar-refractivity contribution in [1.82, 2.24) is 0 Å². The van der Waals surface area contributed by atoms with Crippen LogP contribution in [0.15, 0.2) is 82.2 Å². The highest BCUT2D eigenvalue weighted by Crippen LogP contribution is 2.39. The summed E-state index contributed by atoms with van der Waals surface area (Å²) in [6.07, 6.45) is 0.693. The zero-order valence-electron chi connectivity index (χ0n) is 19.0. The van der Waals surface area contributed by atoms with Gasteiger partial charge in [-0.15, -0.1) is 0 Å². The molecule has 0 radical (unpaired) electrons. The maximum Gasteiger partial charge on any atom is 0.338 e. The molecule has 1 aliphatic heterocycles. The van der Waals surface area contributed by atoms with Crippen molar-refractivity contribution in [3.8, 4) is 5.75 Å². The SMILES string of the molecule is CCCOC(=O)c1ccc(N2C(=O)C(Nc3cc(Cl)ccc3O)=C(Sc3ccc(Cl)cc3)C2=O)cc1. The maximum atomic E-state index is 13.5. The minimum absolute atomic E-state index is 0.0241. The third-order valence-electron chi connectivity index (χ3n) is 5.09. The lowest BCUT2D eigenvalue weighted by Crippen LogP contribution is -2.32. The third-order valence-corrected chi connectivity index (χ3v) is 6.67. The minimum Gasteiger partial charge on any atom is -0.506 e. The molecule has 0 bridgehead atoms. The molecule has 3 aromatic rings. The van der Waals surface area contributed by atoms with Crippen LogP contribution in [0.5, 0.6) is 5.75 Å². The van der Waals surface area contributed by atoms with Crippen LogP contribution in [0.4, 0.5) is 11.4 Å². The Morgan fingerprint density at radius 2 is 1.64 bits per heavy atom. The van der Waals surface area contributed by atoms with Gasteiger partial charge >= 0.3 is 5.97 Å². The third kappa shape index (κ3) is 5.51. The number of esters is 1. The standard InChI is InChI=1S/C26H20Cl2N2O5S/c1-2-13-35-26(34)15-3-8-18(9-4-15)30-24(32)22(29-20-14-17(28)7-12-21(20)31)23(25(30)33)36-19-10-5-16(27)6-11-19/h3-12,14,29,31H,2,13H2,1H3. The summed E-state index contributed by atoms with van der Waals surface area (Å²) in [5.41, 5.74) is 0.725. The molecular weight excluding hydrogens is 523 g/mol. The van der Waals surface area contributed by atoms with Gasteiger partial charge in [-0.2, -0.15) is 0 Å². The van der Waals surface area contributed by atoms with Crippen molar-refractivity contribution in [1.29, 1.82) is 0 Å². The average molecular weight is 543 g/mol. The van der Waals surface area contributed by atoms with Crippen LogP contribution < -0.4 is 10.2 Å². The van der Waals surface area contributed by atoms with Crippen LogP contribution in [-0.2, 0) is 14.3 Å². The van der Waals surface area contributed by atoms with E-state index in [1.54, 1.807) is 24.3 Å². The number of hydrogen-bond donors (Lipinski definition) is 2. The quantitative estimate of drug-likeness (QED) is 0.197. The van der Waals surface area contributed by atoms with Gasteiger partial charge < -0.3 is 15.2 Å². The van der Waals surface area contributed by atoms with Crippen molar-refractivity contribution in [3.05, 3.63) is 92.9 Å². The van der Waals surface area contributed by atoms with Gasteiger partial charge in [0.2, 0.25) is 0 Å². The topological polar surface area (TPSA) is 95.9 Å². The molecule has 0 atom stereocenters. The Morgan fingerprint density at radius 1 is 0.972 bits per heavy atom. The number of imide groups is 1. The number of anilines is 2. The second kappa shape index (κ2) is 11.1. The normalized spacial score (nSPS) is 13.4. The number of thioether (sulfide) groups is 1. The fraction of sp³-hybridized carbons (Fsp3) is 0.115. The molecule has 1 aliphatic rings. The van der Waals surface area contributed by atoms with Gasteiger partial charge in [0.1, 0.15) is 16.4 Å². The van der Waals surface area contributed by atoms with E-state index < -0.39 is 17.8 Å². The van der Waals surface area contributed by atoms with E-state index in [0.29, 0.717) is 33.5 Å². The van der Waals surface area contributed by atoms with Gasteiger partial charge in [0.05, 0.1) is 23.5 Å². The molecule has 0 saturated carbocycles. The number of aromatic hydroxyl groups is 1. The number of carbonyl (C=O) groups is 3. The second-order valence-corrected chi connectivity index (χ2v) is 9.63. The maximum absolute atomic E-state index is 13.5. The molecular formula is C26H20Cl2N2O5S. The molecule has 3 aromatic carbocycles. The van der Waals surface area contributed by atoms with E-state index in [4.69, 9.17) is 27.9 Å². The Hall–Kier alpha value is -3.46. The number of amides is 2. The summed E-state index contributed by atoms with van der Waals surface area (Å²) in [6.45, 7) is 2.19. The molecule has 2 N–H and O–H groups in total. The van der Waals surface area contributed by atoms with Crippen LogP contribution in [-0.4, -0.2) is 29.5 Å². The summed E-state index contributed by atoms with van der Waals surface area (Å²) in [4.78, 5) is 40.9. The zero-order chi connectivity index (χ0) is 25.8. The Kier molecular flexibility index (Phi) is 7.88. The van der Waals surface area contributed by atoms with Crippen molar-refractivity contribution in [2.24, 2.45) is 0 Å². The average Bonchev–Trinajstić information content (AvgIpc) is 3.10. The lowest BCUT2D eigenvalue weighted by Gasteiger charge is -2.16. The molecule has 10 heteroatoms. The first kappa shape index (κ1) is 25.6. The van der Waals surface area contributed by atoms with E-state index in [0.717, 1.165) is 16.7 Å². The van der Waals surface area contributed by atoms with Crippen molar-refractivity contribution in [2.45, 2.75) is 18.2 Å². The van der Waals surface area contributed by atoms with Crippen LogP contribution in [0.3, 0.4) is 0 Å². The lowest BCUT2D eigenvalue weighted by molar-refractivity contribution is -0.120. The molecule has 4 rings (SSSR count). The fourth-order valence-electron chi connectivity index (χ4n) is 3.34. The molecule has 0 fully saturated rings. The van der Waals surface area contributed by atoms with Crippen molar-refractivity contribution in [2.75, 3.05) is 16.8 Å². The fourth-order valence-corrected chi connectivity index (χ4v) is 4.56. The summed E-state index contributed by atoms with van der Waals surface area (Å²) in [6, 6.07) is 17.1. The van der Waals surface area contributed by atoms with Gasteiger partial charge in [0.15, 0.2) is 0 Å². The number of rotatable bonds is 8. The first-order chi connectivity index (χ1) is 17.3. The number of nitrogens with one attached hydrogen (secondary N) is 1. The van der Waals surface area contributed by atoms with E-state index in [1.165, 1.54) is 42.5 Å². The van der Waals surface area contributed by atoms with Crippen molar-refractivity contribution >= 4 is 64.1 Å². The number of hydrogen-bond acceptors (Lipinski definition) is 7. The molecule has 1 heterocycles. The zero-order valence-corrected chi connectivity index (χ0v) is 21.3. The molecule has 0 unspecified atom stereocenters. The van der Waals surface area contributed by atoms with Gasteiger partial charge in [-0.05, 0) is 73.2 Å². The van der Waals surface area contributed by atoms with Crippen LogP contribution in [0.2, 0.25) is 10.0 Å². The van der Waals surface area contributed by atoms with Crippen LogP contribution >= 0.6 is 35.0 Å². The van der Waals surface area contributed by atoms with E-state index in [1.807, 2.05) is 6.92 Å². The van der Waals surface area contributed by atoms with Gasteiger partial charge in [-0.3, -0.25) is 9.59 Å². The van der Waals surface area contributed by atoms with E-state index >= 15 is 0 Å². The number of ether oxygens (including phenoxy) is 1. The van der Waals surface area contributed by atoms with Gasteiger partial charge in [0.25, 0.3) is 11.8 Å². The highest BCUT2D eigenvalue weighted by molar-refractivity contribution is 8.04. The van der Waals surface area contributed by atoms with Crippen LogP contribution in [0.25, 0.3) is 0 Å². The number of phenols is 1. The predicted molar refractivity (Wildman–Crippen MR) is 141 cm³/mol. The van der Waals surface area contributed by atoms with E-state index in [-0.39, 0.29) is 27.7 Å². The van der Waals surface area contributed by atoms with E-state index in [9.17, 15) is 19.5 Å². The molecule has 36 heavy (non-hydrogen) atoms. The Bertz CT molecular complexity index is 1360. The smallest absolute Gasteiger partial charge is 0.338 e. The number of benzene rings is 3. The largest absolute Gasteiger partial charge is 0.506 e. The molecule has 7 nitrogen and oxygen atoms in total. The summed E-state index contributed by atoms with van der Waals surface area (Å²) >= 11 is 13.1. The molecule has 0 aliphatic carbocycles. The number of nitrogens with zero attached hydrogens (tertiary/aromatic N) is 1. The number of carbonyl (C=O) groups excluding carboxylic acids is 3. The van der Waals surface area contributed by atoms with Crippen molar-refractivity contribution in [3.63, 3.8) is 0 Å². The molecule has 0 spiro atoms. The van der Waals surface area contributed by atoms with Crippen LogP contribution in [0.1, 0.15) is 23.7 Å². The van der Waals surface area contributed by atoms with Gasteiger partial charge in [0, 0.05) is 14.9 Å². The number of halogens is 2. The molecule has 2 amide bonds. The first-order valence-corrected chi connectivity index (χ1v) is 12.4. The second-order valence-electron chi connectivity index (χ2n) is 7.68. The van der Waals surface area contributed by atoms with Gasteiger partial charge in [-0.1, -0.05) is 41.9 Å². The predicted octanol–water partition coefficient (Wildman–Crippen LogP) is 6.26. The van der Waals surface area contributed by atoms with Crippen LogP contribution in [0, 0.1) is 0 Å². The summed E-state index contributed by atoms with van der Waals surface area (Å²) in [7, 11) is 0. The molecule has 0 aromatic heterocycles. The Morgan fingerprint density at radius 3 is 2.31 bits per heavy atom. The highest BCUT2D eigenvalue weighted by Gasteiger charge is 2.40.